The predicted octanol–water partition coefficient (Wildman–Crippen LogP) is 4.74. The first kappa shape index (κ1) is 25.6. The van der Waals surface area contributed by atoms with Crippen LogP contribution in [0.4, 0.5) is 5.69 Å². The molecule has 0 bridgehead atoms. The van der Waals surface area contributed by atoms with E-state index < -0.39 is 0 Å². The molecule has 0 aliphatic carbocycles. The van der Waals surface area contributed by atoms with E-state index in [2.05, 4.69) is 9.88 Å². The van der Waals surface area contributed by atoms with Crippen LogP contribution in [0.5, 0.6) is 0 Å². The molecule has 0 saturated carbocycles. The van der Waals surface area contributed by atoms with E-state index in [0.717, 1.165) is 67.2 Å². The molecule has 0 radical (unpaired) electrons. The van der Waals surface area contributed by atoms with Crippen molar-refractivity contribution in [1.82, 2.24) is 14.8 Å². The summed E-state index contributed by atoms with van der Waals surface area (Å²) in [5.41, 5.74) is 4.45. The number of halogens is 1. The van der Waals surface area contributed by atoms with E-state index in [4.69, 9.17) is 11.6 Å². The first-order chi connectivity index (χ1) is 16.7. The Kier molecular flexibility index (Phi) is 7.82. The number of carbonyl (C=O) groups excluding carboxylic acids is 2. The fourth-order valence-electron chi connectivity index (χ4n) is 5.49. The van der Waals surface area contributed by atoms with Crippen LogP contribution in [0.3, 0.4) is 0 Å². The second kappa shape index (κ2) is 10.7. The van der Waals surface area contributed by atoms with Gasteiger partial charge in [-0.2, -0.15) is 0 Å². The molecule has 2 aliphatic rings. The van der Waals surface area contributed by atoms with Crippen LogP contribution in [0, 0.1) is 38.5 Å². The third-order valence-electron chi connectivity index (χ3n) is 7.49. The van der Waals surface area contributed by atoms with Gasteiger partial charge in [0.05, 0.1) is 11.3 Å². The van der Waals surface area contributed by atoms with Crippen molar-refractivity contribution in [3.05, 3.63) is 57.9 Å². The number of likely N-dealkylation sites (tertiary alicyclic amines) is 2. The molecule has 2 saturated heterocycles. The standard InChI is InChI=1S/C28H37ClN4O2/c1-18(2)27(34)33(24-8-7-19(3)25(29)13-24)12-6-11-31-14-22-16-32(17-23(22)15-31)28(35)26-20(4)9-10-30-21(26)5/h7-10,13,18,22-23H,6,11-12,14-17H2,1-5H3. The molecule has 2 unspecified atom stereocenters. The zero-order chi connectivity index (χ0) is 25.3. The number of fused-ring (bicyclic) bond motifs is 1. The minimum atomic E-state index is -0.0724. The largest absolute Gasteiger partial charge is 0.338 e. The van der Waals surface area contributed by atoms with Gasteiger partial charge in [0.2, 0.25) is 5.91 Å². The van der Waals surface area contributed by atoms with Gasteiger partial charge in [-0.25, -0.2) is 0 Å². The molecular formula is C28H37ClN4O2. The Morgan fingerprint density at radius 2 is 1.74 bits per heavy atom. The average molecular weight is 497 g/mol. The molecule has 2 fully saturated rings. The molecule has 3 heterocycles. The molecule has 0 spiro atoms. The normalized spacial score (nSPS) is 19.9. The fraction of sp³-hybridized carbons (Fsp3) is 0.536. The van der Waals surface area contributed by atoms with Crippen molar-refractivity contribution in [3.8, 4) is 0 Å². The van der Waals surface area contributed by atoms with Crippen molar-refractivity contribution >= 4 is 29.1 Å². The maximum atomic E-state index is 13.2. The number of hydrogen-bond donors (Lipinski definition) is 0. The van der Waals surface area contributed by atoms with E-state index in [9.17, 15) is 9.59 Å². The summed E-state index contributed by atoms with van der Waals surface area (Å²) in [6.45, 7) is 15.0. The Hall–Kier alpha value is -2.44. The van der Waals surface area contributed by atoms with Gasteiger partial charge >= 0.3 is 0 Å². The molecule has 1 aromatic heterocycles. The van der Waals surface area contributed by atoms with Crippen molar-refractivity contribution in [1.29, 1.82) is 0 Å². The molecule has 6 nitrogen and oxygen atoms in total. The van der Waals surface area contributed by atoms with Crippen LogP contribution in [0.1, 0.15) is 47.4 Å². The van der Waals surface area contributed by atoms with E-state index in [0.29, 0.717) is 23.4 Å². The molecule has 188 valence electrons. The summed E-state index contributed by atoms with van der Waals surface area (Å²) in [5, 5.41) is 0.687. The van der Waals surface area contributed by atoms with Crippen molar-refractivity contribution < 1.29 is 9.59 Å². The lowest BCUT2D eigenvalue weighted by molar-refractivity contribution is -0.121. The first-order valence-corrected chi connectivity index (χ1v) is 13.0. The summed E-state index contributed by atoms with van der Waals surface area (Å²) < 4.78 is 0. The topological polar surface area (TPSA) is 56.8 Å². The van der Waals surface area contributed by atoms with Crippen LogP contribution in [0.15, 0.2) is 30.5 Å². The Balaban J connectivity index is 1.32. The van der Waals surface area contributed by atoms with E-state index in [-0.39, 0.29) is 17.7 Å². The second-order valence-corrected chi connectivity index (χ2v) is 10.9. The smallest absolute Gasteiger partial charge is 0.255 e. The Morgan fingerprint density at radius 1 is 1.06 bits per heavy atom. The van der Waals surface area contributed by atoms with Crippen LogP contribution in [-0.2, 0) is 4.79 Å². The number of anilines is 1. The van der Waals surface area contributed by atoms with Crippen molar-refractivity contribution in [2.45, 2.75) is 41.0 Å². The summed E-state index contributed by atoms with van der Waals surface area (Å²) >= 11 is 6.35. The quantitative estimate of drug-likeness (QED) is 0.555. The van der Waals surface area contributed by atoms with Crippen molar-refractivity contribution in [2.75, 3.05) is 44.2 Å². The number of pyridine rings is 1. The molecule has 7 heteroatoms. The Bertz CT molecular complexity index is 1070. The van der Waals surface area contributed by atoms with Crippen molar-refractivity contribution in [2.24, 2.45) is 17.8 Å². The van der Waals surface area contributed by atoms with Crippen LogP contribution >= 0.6 is 11.6 Å². The lowest BCUT2D eigenvalue weighted by Gasteiger charge is -2.27. The number of amides is 2. The van der Waals surface area contributed by atoms with Gasteiger partial charge in [-0.3, -0.25) is 14.6 Å². The highest BCUT2D eigenvalue weighted by Gasteiger charge is 2.42. The molecular weight excluding hydrogens is 460 g/mol. The maximum Gasteiger partial charge on any atom is 0.255 e. The van der Waals surface area contributed by atoms with E-state index in [1.165, 1.54) is 0 Å². The molecule has 2 amide bonds. The second-order valence-electron chi connectivity index (χ2n) is 10.5. The van der Waals surface area contributed by atoms with Gasteiger partial charge in [-0.1, -0.05) is 31.5 Å². The molecule has 35 heavy (non-hydrogen) atoms. The summed E-state index contributed by atoms with van der Waals surface area (Å²) in [6, 6.07) is 7.77. The molecule has 2 aromatic rings. The highest BCUT2D eigenvalue weighted by molar-refractivity contribution is 6.31. The zero-order valence-electron chi connectivity index (χ0n) is 21.6. The van der Waals surface area contributed by atoms with Gasteiger partial charge in [-0.15, -0.1) is 0 Å². The van der Waals surface area contributed by atoms with E-state index in [1.807, 2.05) is 68.7 Å². The average Bonchev–Trinajstić information content (AvgIpc) is 3.37. The van der Waals surface area contributed by atoms with E-state index in [1.54, 1.807) is 6.20 Å². The zero-order valence-corrected chi connectivity index (χ0v) is 22.3. The summed E-state index contributed by atoms with van der Waals surface area (Å²) in [6.07, 6.45) is 2.67. The predicted molar refractivity (Wildman–Crippen MR) is 141 cm³/mol. The lowest BCUT2D eigenvalue weighted by Crippen LogP contribution is -2.37. The fourth-order valence-corrected chi connectivity index (χ4v) is 5.67. The minimum absolute atomic E-state index is 0.0724. The van der Waals surface area contributed by atoms with Gasteiger partial charge in [0.25, 0.3) is 5.91 Å². The monoisotopic (exact) mass is 496 g/mol. The number of rotatable bonds is 7. The van der Waals surface area contributed by atoms with Crippen LogP contribution in [-0.4, -0.2) is 65.9 Å². The SMILES string of the molecule is Cc1ccc(N(CCCN2CC3CN(C(=O)c4c(C)ccnc4C)CC3C2)C(=O)C(C)C)cc1Cl. The number of benzene rings is 1. The van der Waals surface area contributed by atoms with Crippen LogP contribution in [0.25, 0.3) is 0 Å². The summed E-state index contributed by atoms with van der Waals surface area (Å²) in [5.74, 6) is 1.20. The molecule has 4 rings (SSSR count). The first-order valence-electron chi connectivity index (χ1n) is 12.7. The summed E-state index contributed by atoms with van der Waals surface area (Å²) in [4.78, 5) is 36.8. The van der Waals surface area contributed by atoms with Crippen molar-refractivity contribution in [3.63, 3.8) is 0 Å². The molecule has 0 N–H and O–H groups in total. The van der Waals surface area contributed by atoms with Gasteiger partial charge in [-0.05, 0) is 74.9 Å². The van der Waals surface area contributed by atoms with Crippen LogP contribution < -0.4 is 4.90 Å². The number of nitrogens with zero attached hydrogens (tertiary/aromatic N) is 4. The Labute approximate surface area is 214 Å². The number of carbonyl (C=O) groups is 2. The van der Waals surface area contributed by atoms with E-state index >= 15 is 0 Å². The minimum Gasteiger partial charge on any atom is -0.338 e. The maximum absolute atomic E-state index is 13.2. The number of aromatic nitrogens is 1. The van der Waals surface area contributed by atoms with Gasteiger partial charge < -0.3 is 14.7 Å². The highest BCUT2D eigenvalue weighted by Crippen LogP contribution is 2.33. The third kappa shape index (κ3) is 5.54. The molecule has 2 atom stereocenters. The summed E-state index contributed by atoms with van der Waals surface area (Å²) in [7, 11) is 0. The molecule has 1 aromatic carbocycles. The van der Waals surface area contributed by atoms with Gasteiger partial charge in [0, 0.05) is 55.5 Å². The van der Waals surface area contributed by atoms with Crippen LogP contribution in [0.2, 0.25) is 5.02 Å². The number of aryl methyl sites for hydroxylation is 3. The van der Waals surface area contributed by atoms with Gasteiger partial charge in [0.1, 0.15) is 0 Å². The number of hydrogen-bond acceptors (Lipinski definition) is 4. The lowest BCUT2D eigenvalue weighted by atomic mass is 10.0. The van der Waals surface area contributed by atoms with Gasteiger partial charge in [0.15, 0.2) is 0 Å². The third-order valence-corrected chi connectivity index (χ3v) is 7.90. The Morgan fingerprint density at radius 3 is 2.34 bits per heavy atom. The highest BCUT2D eigenvalue weighted by atomic mass is 35.5. The molecule has 2 aliphatic heterocycles.